The van der Waals surface area contributed by atoms with Crippen LogP contribution in [0.1, 0.15) is 22.6 Å². The van der Waals surface area contributed by atoms with Crippen molar-refractivity contribution in [3.8, 4) is 11.5 Å². The number of likely N-dealkylation sites (N-methyl/N-ethyl adjacent to an activating group) is 1. The summed E-state index contributed by atoms with van der Waals surface area (Å²) >= 11 is 0. The van der Waals surface area contributed by atoms with Crippen LogP contribution < -0.4 is 14.8 Å². The summed E-state index contributed by atoms with van der Waals surface area (Å²) in [5.74, 6) is 2.05. The lowest BCUT2D eigenvalue weighted by atomic mass is 10.2. The number of aliphatic hydroxyl groups excluding tert-OH is 1. The number of aliphatic hydroxyl groups is 1. The Hall–Kier alpha value is -2.87. The molecule has 0 amide bonds. The summed E-state index contributed by atoms with van der Waals surface area (Å²) in [6.45, 7) is 4.60. The van der Waals surface area contributed by atoms with Crippen LogP contribution in [0, 0.1) is 6.92 Å². The maximum atomic E-state index is 10.4. The van der Waals surface area contributed by atoms with Crippen LogP contribution in [0.2, 0.25) is 0 Å². The highest BCUT2D eigenvalue weighted by atomic mass is 16.5. The summed E-state index contributed by atoms with van der Waals surface area (Å²) in [4.78, 5) is 2.08. The van der Waals surface area contributed by atoms with Crippen LogP contribution in [0.25, 0.3) is 0 Å². The number of hydrogen-bond acceptors (Lipinski definition) is 7. The van der Waals surface area contributed by atoms with Gasteiger partial charge >= 0.3 is 0 Å². The van der Waals surface area contributed by atoms with Gasteiger partial charge in [0, 0.05) is 25.7 Å². The minimum absolute atomic E-state index is 0.184. The predicted molar refractivity (Wildman–Crippen MR) is 119 cm³/mol. The highest BCUT2D eigenvalue weighted by Gasteiger charge is 2.12. The number of rotatable bonds is 12. The van der Waals surface area contributed by atoms with Gasteiger partial charge in [-0.15, -0.1) is 0 Å². The summed E-state index contributed by atoms with van der Waals surface area (Å²) in [5.41, 5.74) is 3.12. The Morgan fingerprint density at radius 2 is 1.87 bits per heavy atom. The number of methoxy groups -OCH3 is 1. The second kappa shape index (κ2) is 11.5. The van der Waals surface area contributed by atoms with Crippen molar-refractivity contribution in [2.24, 2.45) is 0 Å². The zero-order valence-corrected chi connectivity index (χ0v) is 18.4. The van der Waals surface area contributed by atoms with E-state index in [1.165, 1.54) is 5.56 Å². The van der Waals surface area contributed by atoms with Crippen molar-refractivity contribution in [1.29, 1.82) is 0 Å². The van der Waals surface area contributed by atoms with E-state index in [1.54, 1.807) is 7.11 Å². The minimum atomic E-state index is -0.616. The number of benzene rings is 2. The molecule has 3 rings (SSSR count). The van der Waals surface area contributed by atoms with Crippen LogP contribution in [-0.4, -0.2) is 48.6 Å². The first-order chi connectivity index (χ1) is 15.0. The van der Waals surface area contributed by atoms with E-state index in [0.717, 1.165) is 23.6 Å². The van der Waals surface area contributed by atoms with Gasteiger partial charge in [-0.25, -0.2) is 0 Å². The van der Waals surface area contributed by atoms with Crippen LogP contribution in [0.5, 0.6) is 11.5 Å². The van der Waals surface area contributed by atoms with Crippen molar-refractivity contribution in [3.63, 3.8) is 0 Å². The highest BCUT2D eigenvalue weighted by Crippen LogP contribution is 2.28. The van der Waals surface area contributed by atoms with E-state index in [2.05, 4.69) is 27.5 Å². The van der Waals surface area contributed by atoms with Crippen LogP contribution in [-0.2, 0) is 19.6 Å². The van der Waals surface area contributed by atoms with Gasteiger partial charge in [0.15, 0.2) is 17.3 Å². The van der Waals surface area contributed by atoms with Crippen molar-refractivity contribution in [3.05, 3.63) is 77.2 Å². The number of nitrogens with zero attached hydrogens (tertiary/aromatic N) is 2. The molecule has 0 spiro atoms. The largest absolute Gasteiger partial charge is 0.493 e. The van der Waals surface area contributed by atoms with E-state index < -0.39 is 6.10 Å². The molecule has 1 aromatic heterocycles. The zero-order chi connectivity index (χ0) is 22.1. The Balaban J connectivity index is 1.49. The maximum Gasteiger partial charge on any atom is 0.161 e. The predicted octanol–water partition coefficient (Wildman–Crippen LogP) is 3.15. The third-order valence-corrected chi connectivity index (χ3v) is 4.78. The molecular weight excluding hydrogens is 394 g/mol. The Labute approximate surface area is 183 Å². The molecule has 0 saturated carbocycles. The molecule has 7 nitrogen and oxygen atoms in total. The zero-order valence-electron chi connectivity index (χ0n) is 18.4. The molecule has 0 aliphatic carbocycles. The SMILES string of the molecule is COc1ccc(CNCc2cc(C)no2)cc1OCC(O)CN(C)Cc1ccccc1. The van der Waals surface area contributed by atoms with E-state index in [4.69, 9.17) is 14.0 Å². The summed E-state index contributed by atoms with van der Waals surface area (Å²) in [6, 6.07) is 17.9. The Morgan fingerprint density at radius 1 is 1.06 bits per heavy atom. The average Bonchev–Trinajstić information content (AvgIpc) is 3.18. The molecule has 0 radical (unpaired) electrons. The molecule has 0 bridgehead atoms. The smallest absolute Gasteiger partial charge is 0.161 e. The van der Waals surface area contributed by atoms with Gasteiger partial charge in [-0.1, -0.05) is 41.6 Å². The molecule has 0 saturated heterocycles. The van der Waals surface area contributed by atoms with Crippen LogP contribution in [0.4, 0.5) is 0 Å². The van der Waals surface area contributed by atoms with Gasteiger partial charge in [-0.2, -0.15) is 0 Å². The van der Waals surface area contributed by atoms with Crippen molar-refractivity contribution in [2.45, 2.75) is 32.7 Å². The second-order valence-electron chi connectivity index (χ2n) is 7.67. The highest BCUT2D eigenvalue weighted by molar-refractivity contribution is 5.43. The number of aromatic nitrogens is 1. The fourth-order valence-corrected chi connectivity index (χ4v) is 3.33. The standard InChI is InChI=1S/C24H31N3O4/c1-18-11-22(31-26-18)14-25-13-20-9-10-23(29-3)24(12-20)30-17-21(28)16-27(2)15-19-7-5-4-6-8-19/h4-12,21,25,28H,13-17H2,1-3H3. The first kappa shape index (κ1) is 22.8. The van der Waals surface area contributed by atoms with E-state index in [9.17, 15) is 5.11 Å². The third-order valence-electron chi connectivity index (χ3n) is 4.78. The van der Waals surface area contributed by atoms with E-state index in [-0.39, 0.29) is 6.61 Å². The molecule has 31 heavy (non-hydrogen) atoms. The van der Waals surface area contributed by atoms with Gasteiger partial charge in [0.05, 0.1) is 19.3 Å². The normalized spacial score (nSPS) is 12.2. The summed E-state index contributed by atoms with van der Waals surface area (Å²) in [7, 11) is 3.59. The summed E-state index contributed by atoms with van der Waals surface area (Å²) in [5, 5.41) is 17.6. The van der Waals surface area contributed by atoms with Crippen molar-refractivity contribution >= 4 is 0 Å². The first-order valence-electron chi connectivity index (χ1n) is 10.4. The Morgan fingerprint density at radius 3 is 2.58 bits per heavy atom. The topological polar surface area (TPSA) is 80.0 Å². The molecule has 0 aliphatic rings. The van der Waals surface area contributed by atoms with Gasteiger partial charge < -0.3 is 24.4 Å². The van der Waals surface area contributed by atoms with E-state index >= 15 is 0 Å². The van der Waals surface area contributed by atoms with Gasteiger partial charge in [0.2, 0.25) is 0 Å². The molecule has 7 heteroatoms. The Kier molecular flexibility index (Phi) is 8.46. The van der Waals surface area contributed by atoms with E-state index in [1.807, 2.05) is 56.4 Å². The van der Waals surface area contributed by atoms with Crippen molar-refractivity contribution < 1.29 is 19.1 Å². The molecule has 3 aromatic rings. The lowest BCUT2D eigenvalue weighted by Crippen LogP contribution is -2.32. The monoisotopic (exact) mass is 425 g/mol. The van der Waals surface area contributed by atoms with Crippen molar-refractivity contribution in [2.75, 3.05) is 27.3 Å². The summed E-state index contributed by atoms with van der Waals surface area (Å²) < 4.78 is 16.5. The Bertz CT molecular complexity index is 930. The van der Waals surface area contributed by atoms with Crippen LogP contribution >= 0.6 is 0 Å². The summed E-state index contributed by atoms with van der Waals surface area (Å²) in [6.07, 6.45) is -0.616. The molecule has 2 N–H and O–H groups in total. The lowest BCUT2D eigenvalue weighted by Gasteiger charge is -2.21. The van der Waals surface area contributed by atoms with Gasteiger partial charge in [-0.3, -0.25) is 4.90 Å². The fraction of sp³-hybridized carbons (Fsp3) is 0.375. The number of aryl methyl sites for hydroxylation is 1. The van der Waals surface area contributed by atoms with Crippen LogP contribution in [0.15, 0.2) is 59.1 Å². The molecule has 1 atom stereocenters. The quantitative estimate of drug-likeness (QED) is 0.461. The van der Waals surface area contributed by atoms with Crippen molar-refractivity contribution in [1.82, 2.24) is 15.4 Å². The van der Waals surface area contributed by atoms with E-state index in [0.29, 0.717) is 31.1 Å². The first-order valence-corrected chi connectivity index (χ1v) is 10.4. The molecule has 1 heterocycles. The number of ether oxygens (including phenoxy) is 2. The molecular formula is C24H31N3O4. The number of nitrogens with one attached hydrogen (secondary N) is 1. The lowest BCUT2D eigenvalue weighted by molar-refractivity contribution is 0.0732. The van der Waals surface area contributed by atoms with Crippen LogP contribution in [0.3, 0.4) is 0 Å². The number of hydrogen-bond donors (Lipinski definition) is 2. The molecule has 166 valence electrons. The molecule has 0 aliphatic heterocycles. The second-order valence-corrected chi connectivity index (χ2v) is 7.67. The van der Waals surface area contributed by atoms with Gasteiger partial charge in [-0.05, 0) is 37.2 Å². The van der Waals surface area contributed by atoms with Gasteiger partial charge in [0.1, 0.15) is 12.7 Å². The maximum absolute atomic E-state index is 10.4. The molecule has 1 unspecified atom stereocenters. The minimum Gasteiger partial charge on any atom is -0.493 e. The van der Waals surface area contributed by atoms with Gasteiger partial charge in [0.25, 0.3) is 0 Å². The fourth-order valence-electron chi connectivity index (χ4n) is 3.33. The molecule has 0 fully saturated rings. The third kappa shape index (κ3) is 7.40. The molecule has 2 aromatic carbocycles. The average molecular weight is 426 g/mol.